The number of aromatic nitrogens is 2. The van der Waals surface area contributed by atoms with Crippen LogP contribution in [-0.4, -0.2) is 27.4 Å². The Morgan fingerprint density at radius 2 is 2.26 bits per heavy atom. The molecule has 2 aromatic rings. The average molecular weight is 297 g/mol. The van der Waals surface area contributed by atoms with Gasteiger partial charge in [0.05, 0.1) is 10.8 Å². The van der Waals surface area contributed by atoms with E-state index in [9.17, 15) is 4.39 Å². The predicted octanol–water partition coefficient (Wildman–Crippen LogP) is 2.98. The van der Waals surface area contributed by atoms with Crippen molar-refractivity contribution in [1.82, 2.24) is 10.1 Å². The van der Waals surface area contributed by atoms with E-state index in [-0.39, 0.29) is 16.7 Å². The maximum absolute atomic E-state index is 13.8. The lowest BCUT2D eigenvalue weighted by atomic mass is 10.1. The first-order chi connectivity index (χ1) is 9.25. The van der Waals surface area contributed by atoms with Crippen LogP contribution >= 0.6 is 23.5 Å². The first kappa shape index (κ1) is 12.8. The molecule has 0 bridgehead atoms. The van der Waals surface area contributed by atoms with E-state index in [2.05, 4.69) is 10.1 Å². The lowest BCUT2D eigenvalue weighted by molar-refractivity contribution is 0.421. The van der Waals surface area contributed by atoms with Crippen molar-refractivity contribution in [3.63, 3.8) is 0 Å². The van der Waals surface area contributed by atoms with Crippen LogP contribution in [0.15, 0.2) is 22.7 Å². The van der Waals surface area contributed by atoms with Gasteiger partial charge in [-0.1, -0.05) is 11.2 Å². The Balaban J connectivity index is 1.92. The normalized spacial score (nSPS) is 19.5. The summed E-state index contributed by atoms with van der Waals surface area (Å²) in [5, 5.41) is 4.17. The minimum atomic E-state index is -0.444. The number of benzene rings is 1. The van der Waals surface area contributed by atoms with Crippen LogP contribution in [0.2, 0.25) is 0 Å². The van der Waals surface area contributed by atoms with Crippen LogP contribution in [0.1, 0.15) is 11.1 Å². The topological polar surface area (TPSA) is 64.9 Å². The molecule has 2 N–H and O–H groups in total. The second kappa shape index (κ2) is 5.42. The summed E-state index contributed by atoms with van der Waals surface area (Å²) in [5.41, 5.74) is 6.26. The number of nitrogens with zero attached hydrogens (tertiary/aromatic N) is 2. The maximum Gasteiger partial charge on any atom is 0.263 e. The summed E-state index contributed by atoms with van der Waals surface area (Å²) in [6, 6.07) is 4.51. The van der Waals surface area contributed by atoms with Gasteiger partial charge in [-0.2, -0.15) is 16.7 Å². The van der Waals surface area contributed by atoms with Crippen molar-refractivity contribution in [3.8, 4) is 11.5 Å². The molecule has 1 aliphatic heterocycles. The molecule has 3 rings (SSSR count). The molecule has 0 spiro atoms. The standard InChI is InChI=1S/C12H12FN3OS2/c13-7-2-1-3-8(14)10(7)12-15-11(16-17-12)9-6-18-4-5-19-9/h1-3,9H,4-6,14H2. The molecule has 0 amide bonds. The molecule has 2 heterocycles. The van der Waals surface area contributed by atoms with Crippen LogP contribution in [0.3, 0.4) is 0 Å². The smallest absolute Gasteiger partial charge is 0.263 e. The molecule has 1 aromatic heterocycles. The minimum absolute atomic E-state index is 0.154. The molecule has 0 aliphatic carbocycles. The number of halogens is 1. The highest BCUT2D eigenvalue weighted by atomic mass is 32.2. The summed E-state index contributed by atoms with van der Waals surface area (Å²) in [6.45, 7) is 0. The number of rotatable bonds is 2. The highest BCUT2D eigenvalue weighted by molar-refractivity contribution is 8.06. The number of hydrogen-bond acceptors (Lipinski definition) is 6. The van der Waals surface area contributed by atoms with Crippen molar-refractivity contribution >= 4 is 29.2 Å². The highest BCUT2D eigenvalue weighted by Crippen LogP contribution is 2.36. The second-order valence-electron chi connectivity index (χ2n) is 4.10. The van der Waals surface area contributed by atoms with Gasteiger partial charge in [-0.15, -0.1) is 11.8 Å². The van der Waals surface area contributed by atoms with Crippen LogP contribution in [0.5, 0.6) is 0 Å². The van der Waals surface area contributed by atoms with E-state index in [4.69, 9.17) is 10.3 Å². The van der Waals surface area contributed by atoms with Gasteiger partial charge in [0, 0.05) is 22.9 Å². The Kier molecular flexibility index (Phi) is 3.65. The Labute approximate surface area is 118 Å². The molecule has 1 saturated heterocycles. The molecule has 1 atom stereocenters. The fourth-order valence-electron chi connectivity index (χ4n) is 1.87. The quantitative estimate of drug-likeness (QED) is 0.860. The Morgan fingerprint density at radius 3 is 3.00 bits per heavy atom. The largest absolute Gasteiger partial charge is 0.398 e. The van der Waals surface area contributed by atoms with Crippen LogP contribution in [-0.2, 0) is 0 Å². The lowest BCUT2D eigenvalue weighted by Gasteiger charge is -2.16. The molecular weight excluding hydrogens is 285 g/mol. The summed E-state index contributed by atoms with van der Waals surface area (Å²) in [5.74, 6) is 3.50. The van der Waals surface area contributed by atoms with E-state index < -0.39 is 5.82 Å². The van der Waals surface area contributed by atoms with E-state index in [0.717, 1.165) is 17.3 Å². The summed E-state index contributed by atoms with van der Waals surface area (Å²) in [6.07, 6.45) is 0. The fraction of sp³-hybridized carbons (Fsp3) is 0.333. The van der Waals surface area contributed by atoms with Crippen molar-refractivity contribution in [2.24, 2.45) is 0 Å². The van der Waals surface area contributed by atoms with Gasteiger partial charge in [0.25, 0.3) is 5.89 Å². The minimum Gasteiger partial charge on any atom is -0.398 e. The number of nitrogen functional groups attached to an aromatic ring is 1. The van der Waals surface area contributed by atoms with E-state index in [1.807, 2.05) is 11.8 Å². The zero-order valence-electron chi connectivity index (χ0n) is 10.0. The monoisotopic (exact) mass is 297 g/mol. The van der Waals surface area contributed by atoms with Gasteiger partial charge in [-0.3, -0.25) is 0 Å². The van der Waals surface area contributed by atoms with E-state index in [1.54, 1.807) is 23.9 Å². The first-order valence-electron chi connectivity index (χ1n) is 5.83. The van der Waals surface area contributed by atoms with Gasteiger partial charge in [0.15, 0.2) is 5.82 Å². The van der Waals surface area contributed by atoms with Gasteiger partial charge in [0.1, 0.15) is 5.82 Å². The first-order valence-corrected chi connectivity index (χ1v) is 8.03. The van der Waals surface area contributed by atoms with E-state index >= 15 is 0 Å². The number of anilines is 1. The molecule has 1 unspecified atom stereocenters. The molecule has 100 valence electrons. The van der Waals surface area contributed by atoms with Crippen LogP contribution < -0.4 is 5.73 Å². The van der Waals surface area contributed by atoms with Crippen LogP contribution in [0.25, 0.3) is 11.5 Å². The Hall–Kier alpha value is -1.21. The van der Waals surface area contributed by atoms with E-state index in [1.165, 1.54) is 6.07 Å². The molecular formula is C12H12FN3OS2. The number of thioether (sulfide) groups is 2. The molecule has 4 nitrogen and oxygen atoms in total. The van der Waals surface area contributed by atoms with Crippen molar-refractivity contribution in [2.75, 3.05) is 23.0 Å². The molecule has 1 fully saturated rings. The maximum atomic E-state index is 13.8. The fourth-order valence-corrected chi connectivity index (χ4v) is 4.46. The molecule has 19 heavy (non-hydrogen) atoms. The Morgan fingerprint density at radius 1 is 1.37 bits per heavy atom. The number of hydrogen-bond donors (Lipinski definition) is 1. The van der Waals surface area contributed by atoms with Crippen molar-refractivity contribution in [2.45, 2.75) is 5.25 Å². The number of nitrogens with two attached hydrogens (primary N) is 1. The van der Waals surface area contributed by atoms with Crippen LogP contribution in [0, 0.1) is 5.82 Å². The third kappa shape index (κ3) is 2.57. The van der Waals surface area contributed by atoms with Gasteiger partial charge in [-0.25, -0.2) is 4.39 Å². The van der Waals surface area contributed by atoms with E-state index in [0.29, 0.717) is 11.5 Å². The SMILES string of the molecule is Nc1cccc(F)c1-c1nc(C2CSCCS2)no1. The van der Waals surface area contributed by atoms with Gasteiger partial charge >= 0.3 is 0 Å². The summed E-state index contributed by atoms with van der Waals surface area (Å²) in [7, 11) is 0. The third-order valence-corrected chi connectivity index (χ3v) is 5.56. The lowest BCUT2D eigenvalue weighted by Crippen LogP contribution is -2.08. The van der Waals surface area contributed by atoms with Crippen molar-refractivity contribution < 1.29 is 8.91 Å². The Bertz CT molecular complexity index is 564. The summed E-state index contributed by atoms with van der Waals surface area (Å²) in [4.78, 5) is 4.29. The van der Waals surface area contributed by atoms with Gasteiger partial charge in [0.2, 0.25) is 0 Å². The van der Waals surface area contributed by atoms with Crippen molar-refractivity contribution in [3.05, 3.63) is 29.8 Å². The van der Waals surface area contributed by atoms with Gasteiger partial charge in [-0.05, 0) is 12.1 Å². The molecule has 0 radical (unpaired) electrons. The molecule has 0 saturated carbocycles. The molecule has 7 heteroatoms. The summed E-state index contributed by atoms with van der Waals surface area (Å²) >= 11 is 3.67. The zero-order valence-corrected chi connectivity index (χ0v) is 11.6. The van der Waals surface area contributed by atoms with Crippen molar-refractivity contribution in [1.29, 1.82) is 0 Å². The zero-order chi connectivity index (χ0) is 13.2. The van der Waals surface area contributed by atoms with Crippen LogP contribution in [0.4, 0.5) is 10.1 Å². The third-order valence-electron chi connectivity index (χ3n) is 2.81. The molecule has 1 aromatic carbocycles. The predicted molar refractivity (Wildman–Crippen MR) is 76.6 cm³/mol. The average Bonchev–Trinajstić information content (AvgIpc) is 2.89. The molecule has 1 aliphatic rings. The van der Waals surface area contributed by atoms with Gasteiger partial charge < -0.3 is 10.3 Å². The highest BCUT2D eigenvalue weighted by Gasteiger charge is 2.23. The second-order valence-corrected chi connectivity index (χ2v) is 6.56. The summed E-state index contributed by atoms with van der Waals surface area (Å²) < 4.78 is 18.9.